The molecule has 3 amide bonds. The molecule has 37 heavy (non-hydrogen) atoms. The van der Waals surface area contributed by atoms with Crippen LogP contribution in [0.2, 0.25) is 5.02 Å². The van der Waals surface area contributed by atoms with Crippen molar-refractivity contribution in [3.05, 3.63) is 116 Å². The van der Waals surface area contributed by atoms with Gasteiger partial charge >= 0.3 is 0 Å². The van der Waals surface area contributed by atoms with Gasteiger partial charge in [0.15, 0.2) is 0 Å². The summed E-state index contributed by atoms with van der Waals surface area (Å²) in [6.07, 6.45) is 0. The molecular weight excluding hydrogens is 517 g/mol. The van der Waals surface area contributed by atoms with Crippen molar-refractivity contribution >= 4 is 46.9 Å². The molecule has 0 aromatic heterocycles. The van der Waals surface area contributed by atoms with Crippen LogP contribution in [0.15, 0.2) is 83.5 Å². The number of aromatic carboxylic acids is 1. The number of hydrogen-bond acceptors (Lipinski definition) is 6. The molecule has 3 aromatic carbocycles. The van der Waals surface area contributed by atoms with E-state index in [1.165, 1.54) is 12.1 Å². The summed E-state index contributed by atoms with van der Waals surface area (Å²) in [4.78, 5) is 49.7. The number of imide groups is 1. The van der Waals surface area contributed by atoms with E-state index in [1.54, 1.807) is 60.7 Å². The van der Waals surface area contributed by atoms with E-state index in [-0.39, 0.29) is 41.8 Å². The van der Waals surface area contributed by atoms with E-state index in [9.17, 15) is 24.3 Å². The molecule has 4 rings (SSSR count). The third-order valence-electron chi connectivity index (χ3n) is 5.73. The maximum Gasteiger partial charge on any atom is 0.278 e. The van der Waals surface area contributed by atoms with Gasteiger partial charge in [0.2, 0.25) is 0 Å². The Morgan fingerprint density at radius 2 is 1.38 bits per heavy atom. The monoisotopic (exact) mass is 536 g/mol. The standard InChI is InChI=1S/C27H21Cl2N3O5/c28-21-4-2-1-3-20(21)15-32-25(34)22(29)23(26(32)35)30-13-16-5-9-18(10-6-16)24(33)31-14-17-7-11-19(12-8-17)27(36)37/h1-12,30H,13-15H2,(H,31,33)(H,36,37)/p-1. The van der Waals surface area contributed by atoms with Crippen LogP contribution in [-0.2, 0) is 29.2 Å². The van der Waals surface area contributed by atoms with Crippen molar-refractivity contribution in [3.8, 4) is 0 Å². The molecule has 0 spiro atoms. The van der Waals surface area contributed by atoms with Gasteiger partial charge in [0, 0.05) is 23.7 Å². The lowest BCUT2D eigenvalue weighted by atomic mass is 10.1. The van der Waals surface area contributed by atoms with E-state index >= 15 is 0 Å². The van der Waals surface area contributed by atoms with Crippen molar-refractivity contribution < 1.29 is 24.3 Å². The van der Waals surface area contributed by atoms with E-state index in [4.69, 9.17) is 23.2 Å². The quantitative estimate of drug-likeness (QED) is 0.406. The summed E-state index contributed by atoms with van der Waals surface area (Å²) < 4.78 is 0. The zero-order valence-corrected chi connectivity index (χ0v) is 20.8. The molecule has 2 N–H and O–H groups in total. The number of halogens is 2. The number of carboxylic acids is 1. The Balaban J connectivity index is 1.32. The predicted molar refractivity (Wildman–Crippen MR) is 135 cm³/mol. The van der Waals surface area contributed by atoms with E-state index in [0.29, 0.717) is 16.1 Å². The number of benzene rings is 3. The first-order valence-corrected chi connectivity index (χ1v) is 11.9. The summed E-state index contributed by atoms with van der Waals surface area (Å²) in [6, 6.07) is 19.7. The van der Waals surface area contributed by atoms with Crippen LogP contribution >= 0.6 is 23.2 Å². The van der Waals surface area contributed by atoms with Crippen LogP contribution in [0.3, 0.4) is 0 Å². The summed E-state index contributed by atoms with van der Waals surface area (Å²) in [6.45, 7) is 0.434. The molecule has 0 atom stereocenters. The first-order valence-electron chi connectivity index (χ1n) is 11.1. The van der Waals surface area contributed by atoms with Gasteiger partial charge in [0.05, 0.1) is 12.5 Å². The first-order chi connectivity index (χ1) is 17.7. The van der Waals surface area contributed by atoms with Gasteiger partial charge in [-0.2, -0.15) is 0 Å². The number of carboxylic acid groups (broad SMARTS) is 1. The lowest BCUT2D eigenvalue weighted by molar-refractivity contribution is -0.255. The first kappa shape index (κ1) is 25.9. The molecule has 10 heteroatoms. The number of nitrogens with zero attached hydrogens (tertiary/aromatic N) is 1. The van der Waals surface area contributed by atoms with Crippen LogP contribution in [0.4, 0.5) is 0 Å². The summed E-state index contributed by atoms with van der Waals surface area (Å²) in [5.41, 5.74) is 2.61. The van der Waals surface area contributed by atoms with Gasteiger partial charge in [0.1, 0.15) is 10.7 Å². The number of carbonyl (C=O) groups excluding carboxylic acids is 4. The highest BCUT2D eigenvalue weighted by Gasteiger charge is 2.37. The van der Waals surface area contributed by atoms with Gasteiger partial charge in [-0.1, -0.05) is 77.8 Å². The highest BCUT2D eigenvalue weighted by molar-refractivity contribution is 6.47. The zero-order chi connectivity index (χ0) is 26.5. The maximum absolute atomic E-state index is 12.8. The number of hydrogen-bond donors (Lipinski definition) is 2. The molecule has 1 aliphatic heterocycles. The van der Waals surface area contributed by atoms with Gasteiger partial charge in [-0.05, 0) is 40.5 Å². The molecule has 188 valence electrons. The third-order valence-corrected chi connectivity index (χ3v) is 6.45. The van der Waals surface area contributed by atoms with Crippen molar-refractivity contribution in [1.29, 1.82) is 0 Å². The van der Waals surface area contributed by atoms with Gasteiger partial charge in [-0.25, -0.2) is 0 Å². The zero-order valence-electron chi connectivity index (χ0n) is 19.3. The molecule has 8 nitrogen and oxygen atoms in total. The van der Waals surface area contributed by atoms with E-state index < -0.39 is 17.8 Å². The second kappa shape index (κ2) is 11.3. The summed E-state index contributed by atoms with van der Waals surface area (Å²) in [5.74, 6) is -2.71. The van der Waals surface area contributed by atoms with E-state index in [2.05, 4.69) is 10.6 Å². The fraction of sp³-hybridized carbons (Fsp3) is 0.111. The smallest absolute Gasteiger partial charge is 0.278 e. The molecule has 0 aliphatic carbocycles. The predicted octanol–water partition coefficient (Wildman–Crippen LogP) is 2.74. The minimum Gasteiger partial charge on any atom is -0.545 e. The number of amides is 3. The van der Waals surface area contributed by atoms with E-state index in [1.807, 2.05) is 0 Å². The van der Waals surface area contributed by atoms with Gasteiger partial charge in [-0.15, -0.1) is 0 Å². The average Bonchev–Trinajstić information content (AvgIpc) is 3.10. The van der Waals surface area contributed by atoms with Crippen molar-refractivity contribution in [1.82, 2.24) is 15.5 Å². The number of rotatable bonds is 9. The maximum atomic E-state index is 12.8. The molecule has 3 aromatic rings. The number of carbonyl (C=O) groups is 4. The van der Waals surface area contributed by atoms with Crippen LogP contribution < -0.4 is 15.7 Å². The van der Waals surface area contributed by atoms with Gasteiger partial charge in [-0.3, -0.25) is 19.3 Å². The van der Waals surface area contributed by atoms with Crippen molar-refractivity contribution in [2.45, 2.75) is 19.6 Å². The molecule has 1 heterocycles. The summed E-state index contributed by atoms with van der Waals surface area (Å²) >= 11 is 12.3. The largest absolute Gasteiger partial charge is 0.545 e. The molecular formula is C27H20Cl2N3O5-. The molecule has 0 radical (unpaired) electrons. The van der Waals surface area contributed by atoms with Crippen molar-refractivity contribution in [2.75, 3.05) is 0 Å². The van der Waals surface area contributed by atoms with E-state index in [0.717, 1.165) is 16.0 Å². The molecule has 0 saturated heterocycles. The highest BCUT2D eigenvalue weighted by Crippen LogP contribution is 2.26. The fourth-order valence-electron chi connectivity index (χ4n) is 3.65. The lowest BCUT2D eigenvalue weighted by Crippen LogP contribution is -2.33. The minimum absolute atomic E-state index is 0.00343. The molecule has 0 unspecified atom stereocenters. The van der Waals surface area contributed by atoms with Crippen molar-refractivity contribution in [3.63, 3.8) is 0 Å². The Morgan fingerprint density at radius 1 is 0.784 bits per heavy atom. The van der Waals surface area contributed by atoms with Crippen LogP contribution in [-0.4, -0.2) is 28.6 Å². The van der Waals surface area contributed by atoms with Gasteiger partial charge in [0.25, 0.3) is 17.7 Å². The highest BCUT2D eigenvalue weighted by atomic mass is 35.5. The summed E-state index contributed by atoms with van der Waals surface area (Å²) in [7, 11) is 0. The third kappa shape index (κ3) is 5.99. The Bertz CT molecular complexity index is 1400. The second-order valence-electron chi connectivity index (χ2n) is 8.19. The molecule has 0 saturated carbocycles. The molecule has 0 fully saturated rings. The second-order valence-corrected chi connectivity index (χ2v) is 8.98. The Morgan fingerprint density at radius 3 is 2.00 bits per heavy atom. The fourth-order valence-corrected chi connectivity index (χ4v) is 4.09. The normalized spacial score (nSPS) is 13.2. The van der Waals surface area contributed by atoms with Crippen LogP contribution in [0.1, 0.15) is 37.4 Å². The van der Waals surface area contributed by atoms with Crippen molar-refractivity contribution in [2.24, 2.45) is 0 Å². The average molecular weight is 537 g/mol. The number of nitrogens with one attached hydrogen (secondary N) is 2. The van der Waals surface area contributed by atoms with Crippen LogP contribution in [0, 0.1) is 0 Å². The van der Waals surface area contributed by atoms with Crippen LogP contribution in [0.5, 0.6) is 0 Å². The summed E-state index contributed by atoms with van der Waals surface area (Å²) in [5, 5.41) is 16.8. The Kier molecular flexibility index (Phi) is 7.91. The Hall–Kier alpha value is -4.14. The minimum atomic E-state index is -1.26. The van der Waals surface area contributed by atoms with Crippen LogP contribution in [0.25, 0.3) is 0 Å². The Labute approximate surface area is 222 Å². The molecule has 0 bridgehead atoms. The van der Waals surface area contributed by atoms with Gasteiger partial charge < -0.3 is 20.5 Å². The SMILES string of the molecule is O=C([O-])c1ccc(CNC(=O)c2ccc(CNC3=C(Cl)C(=O)N(Cc4ccccc4Cl)C3=O)cc2)cc1. The molecule has 1 aliphatic rings. The lowest BCUT2D eigenvalue weighted by Gasteiger charge is -2.16. The topological polar surface area (TPSA) is 119 Å².